The number of amides is 2. The fraction of sp³-hybridized carbons (Fsp3) is 0.440. The monoisotopic (exact) mass is 589 g/mol. The lowest BCUT2D eigenvalue weighted by Gasteiger charge is -2.32. The number of carbonyl (C=O) groups excluding carboxylic acids is 2. The molecule has 202 valence electrons. The maximum atomic E-state index is 13.7. The van der Waals surface area contributed by atoms with E-state index in [9.17, 15) is 18.0 Å². The molecule has 3 rings (SSSR count). The van der Waals surface area contributed by atoms with E-state index in [1.54, 1.807) is 25.1 Å². The van der Waals surface area contributed by atoms with Crippen molar-refractivity contribution in [2.45, 2.75) is 51.2 Å². The first kappa shape index (κ1) is 29.4. The number of hydrogen-bond acceptors (Lipinski definition) is 5. The summed E-state index contributed by atoms with van der Waals surface area (Å²) in [6.45, 7) is 1.05. The standard InChI is InChI=1S/C25H30Cl3N3O5S/c1-16(25(33)29-19-6-4-5-7-19)30(14-17-8-9-18(26)12-21(17)27)24(32)15-31(37(3,34)35)20-10-11-23(36-2)22(28)13-20/h8-13,16,19H,4-7,14-15H2,1-3H3,(H,29,33). The van der Waals surface area contributed by atoms with Crippen molar-refractivity contribution in [3.8, 4) is 5.75 Å². The molecule has 1 N–H and O–H groups in total. The lowest BCUT2D eigenvalue weighted by molar-refractivity contribution is -0.139. The van der Waals surface area contributed by atoms with Crippen LogP contribution in [0.5, 0.6) is 5.75 Å². The van der Waals surface area contributed by atoms with Gasteiger partial charge in [0.15, 0.2) is 0 Å². The average Bonchev–Trinajstić information content (AvgIpc) is 3.33. The van der Waals surface area contributed by atoms with E-state index in [2.05, 4.69) is 5.32 Å². The van der Waals surface area contributed by atoms with E-state index in [4.69, 9.17) is 39.5 Å². The number of methoxy groups -OCH3 is 1. The Morgan fingerprint density at radius 1 is 1.08 bits per heavy atom. The molecule has 0 heterocycles. The zero-order chi connectivity index (χ0) is 27.3. The molecular formula is C25H30Cl3N3O5S. The molecule has 0 radical (unpaired) electrons. The van der Waals surface area contributed by atoms with Crippen LogP contribution in [-0.4, -0.2) is 57.1 Å². The van der Waals surface area contributed by atoms with Crippen molar-refractivity contribution in [1.82, 2.24) is 10.2 Å². The summed E-state index contributed by atoms with van der Waals surface area (Å²) in [5.41, 5.74) is 0.757. The molecule has 2 aromatic rings. The highest BCUT2D eigenvalue weighted by atomic mass is 35.5. The van der Waals surface area contributed by atoms with E-state index in [1.807, 2.05) is 0 Å². The lowest BCUT2D eigenvalue weighted by Crippen LogP contribution is -2.52. The molecule has 1 atom stereocenters. The highest BCUT2D eigenvalue weighted by molar-refractivity contribution is 7.92. The van der Waals surface area contributed by atoms with Gasteiger partial charge in [-0.25, -0.2) is 8.42 Å². The van der Waals surface area contributed by atoms with Crippen LogP contribution in [0.25, 0.3) is 0 Å². The van der Waals surface area contributed by atoms with Gasteiger partial charge in [0.05, 0.1) is 24.1 Å². The predicted octanol–water partition coefficient (Wildman–Crippen LogP) is 4.90. The van der Waals surface area contributed by atoms with Crippen molar-refractivity contribution >= 4 is 62.3 Å². The van der Waals surface area contributed by atoms with Crippen LogP contribution >= 0.6 is 34.8 Å². The van der Waals surface area contributed by atoms with Crippen molar-refractivity contribution < 1.29 is 22.7 Å². The molecule has 1 unspecified atom stereocenters. The third-order valence-electron chi connectivity index (χ3n) is 6.33. The number of sulfonamides is 1. The molecule has 8 nitrogen and oxygen atoms in total. The molecule has 0 saturated heterocycles. The maximum absolute atomic E-state index is 13.7. The van der Waals surface area contributed by atoms with Crippen LogP contribution in [0.15, 0.2) is 36.4 Å². The zero-order valence-electron chi connectivity index (χ0n) is 20.8. The first-order chi connectivity index (χ1) is 17.4. The molecule has 1 saturated carbocycles. The molecule has 12 heteroatoms. The molecule has 0 bridgehead atoms. The predicted molar refractivity (Wildman–Crippen MR) is 147 cm³/mol. The number of anilines is 1. The van der Waals surface area contributed by atoms with Crippen molar-refractivity contribution in [2.24, 2.45) is 0 Å². The number of carbonyl (C=O) groups is 2. The van der Waals surface area contributed by atoms with Gasteiger partial charge in [-0.1, -0.05) is 53.7 Å². The number of nitrogens with one attached hydrogen (secondary N) is 1. The van der Waals surface area contributed by atoms with E-state index in [0.29, 0.717) is 21.4 Å². The molecule has 0 aromatic heterocycles. The zero-order valence-corrected chi connectivity index (χ0v) is 23.9. The number of ether oxygens (including phenoxy) is 1. The SMILES string of the molecule is COc1ccc(N(CC(=O)N(Cc2ccc(Cl)cc2Cl)C(C)C(=O)NC2CCCC2)S(C)(=O)=O)cc1Cl. The second kappa shape index (κ2) is 12.6. The molecule has 0 aliphatic heterocycles. The lowest BCUT2D eigenvalue weighted by atomic mass is 10.1. The summed E-state index contributed by atoms with van der Waals surface area (Å²) in [5, 5.41) is 3.96. The largest absolute Gasteiger partial charge is 0.495 e. The fourth-order valence-corrected chi connectivity index (χ4v) is 5.79. The van der Waals surface area contributed by atoms with Crippen LogP contribution in [0, 0.1) is 0 Å². The minimum Gasteiger partial charge on any atom is -0.495 e. The number of nitrogens with zero attached hydrogens (tertiary/aromatic N) is 2. The molecule has 2 aromatic carbocycles. The number of rotatable bonds is 10. The van der Waals surface area contributed by atoms with Gasteiger partial charge in [0.1, 0.15) is 18.3 Å². The smallest absolute Gasteiger partial charge is 0.244 e. The van der Waals surface area contributed by atoms with Crippen LogP contribution < -0.4 is 14.4 Å². The summed E-state index contributed by atoms with van der Waals surface area (Å²) in [6, 6.07) is 8.44. The van der Waals surface area contributed by atoms with Gasteiger partial charge < -0.3 is 15.0 Å². The summed E-state index contributed by atoms with van der Waals surface area (Å²) < 4.78 is 31.5. The van der Waals surface area contributed by atoms with Gasteiger partial charge in [-0.3, -0.25) is 13.9 Å². The van der Waals surface area contributed by atoms with Crippen molar-refractivity contribution in [3.05, 3.63) is 57.0 Å². The topological polar surface area (TPSA) is 96.0 Å². The highest BCUT2D eigenvalue weighted by Crippen LogP contribution is 2.31. The van der Waals surface area contributed by atoms with Crippen LogP contribution in [0.1, 0.15) is 38.2 Å². The van der Waals surface area contributed by atoms with Gasteiger partial charge in [0.2, 0.25) is 21.8 Å². The Morgan fingerprint density at radius 3 is 2.32 bits per heavy atom. The van der Waals surface area contributed by atoms with Crippen molar-refractivity contribution in [1.29, 1.82) is 0 Å². The molecule has 1 aliphatic rings. The number of hydrogen-bond donors (Lipinski definition) is 1. The molecule has 2 amide bonds. The van der Waals surface area contributed by atoms with Crippen LogP contribution in [0.4, 0.5) is 5.69 Å². The third-order valence-corrected chi connectivity index (χ3v) is 8.35. The van der Waals surface area contributed by atoms with Gasteiger partial charge in [-0.15, -0.1) is 0 Å². The van der Waals surface area contributed by atoms with E-state index in [1.165, 1.54) is 30.2 Å². The van der Waals surface area contributed by atoms with E-state index < -0.39 is 28.5 Å². The summed E-state index contributed by atoms with van der Waals surface area (Å²) in [7, 11) is -2.45. The minimum atomic E-state index is -3.89. The van der Waals surface area contributed by atoms with E-state index in [-0.39, 0.29) is 29.2 Å². The van der Waals surface area contributed by atoms with Crippen LogP contribution in [0.3, 0.4) is 0 Å². The van der Waals surface area contributed by atoms with E-state index >= 15 is 0 Å². The summed E-state index contributed by atoms with van der Waals surface area (Å²) in [6.07, 6.45) is 4.84. The third kappa shape index (κ3) is 7.66. The Hall–Kier alpha value is -2.20. The van der Waals surface area contributed by atoms with Crippen LogP contribution in [0.2, 0.25) is 15.1 Å². The molecule has 37 heavy (non-hydrogen) atoms. The van der Waals surface area contributed by atoms with Crippen molar-refractivity contribution in [2.75, 3.05) is 24.2 Å². The Kier molecular flexibility index (Phi) is 9.97. The second-order valence-electron chi connectivity index (χ2n) is 9.01. The van der Waals surface area contributed by atoms with Gasteiger partial charge in [-0.05, 0) is 55.7 Å². The quantitative estimate of drug-likeness (QED) is 0.425. The van der Waals surface area contributed by atoms with Gasteiger partial charge in [-0.2, -0.15) is 0 Å². The Balaban J connectivity index is 1.92. The highest BCUT2D eigenvalue weighted by Gasteiger charge is 2.32. The fourth-order valence-electron chi connectivity index (χ4n) is 4.23. The van der Waals surface area contributed by atoms with Gasteiger partial charge >= 0.3 is 0 Å². The number of halogens is 3. The molecule has 1 fully saturated rings. The Labute approximate surface area is 232 Å². The van der Waals surface area contributed by atoms with Crippen LogP contribution in [-0.2, 0) is 26.2 Å². The average molecular weight is 591 g/mol. The number of benzene rings is 2. The maximum Gasteiger partial charge on any atom is 0.244 e. The normalized spacial score (nSPS) is 14.8. The minimum absolute atomic E-state index is 0.0188. The first-order valence-corrected chi connectivity index (χ1v) is 14.7. The summed E-state index contributed by atoms with van der Waals surface area (Å²) >= 11 is 18.6. The van der Waals surface area contributed by atoms with E-state index in [0.717, 1.165) is 36.2 Å². The summed E-state index contributed by atoms with van der Waals surface area (Å²) in [5.74, 6) is -0.539. The second-order valence-corrected chi connectivity index (χ2v) is 12.2. The Morgan fingerprint density at radius 2 is 1.76 bits per heavy atom. The molecular weight excluding hydrogens is 561 g/mol. The summed E-state index contributed by atoms with van der Waals surface area (Å²) in [4.78, 5) is 28.1. The van der Waals surface area contributed by atoms with Gasteiger partial charge in [0.25, 0.3) is 0 Å². The Bertz CT molecular complexity index is 1250. The molecule has 1 aliphatic carbocycles. The van der Waals surface area contributed by atoms with Gasteiger partial charge in [0, 0.05) is 22.6 Å². The molecule has 0 spiro atoms. The first-order valence-electron chi connectivity index (χ1n) is 11.8. The van der Waals surface area contributed by atoms with Crippen molar-refractivity contribution in [3.63, 3.8) is 0 Å².